The average molecular weight is 348 g/mol. The first-order chi connectivity index (χ1) is 12.7. The lowest BCUT2D eigenvalue weighted by atomic mass is 9.92. The van der Waals surface area contributed by atoms with Gasteiger partial charge in [-0.3, -0.25) is 4.79 Å². The van der Waals surface area contributed by atoms with Crippen LogP contribution in [0.4, 0.5) is 0 Å². The maximum absolute atomic E-state index is 11.0. The van der Waals surface area contributed by atoms with E-state index in [1.807, 2.05) is 42.5 Å². The van der Waals surface area contributed by atoms with Crippen LogP contribution in [0.15, 0.2) is 67.0 Å². The maximum atomic E-state index is 11.0. The highest BCUT2D eigenvalue weighted by atomic mass is 16.5. The van der Waals surface area contributed by atoms with Crippen molar-refractivity contribution in [1.29, 1.82) is 0 Å². The fourth-order valence-electron chi connectivity index (χ4n) is 2.66. The van der Waals surface area contributed by atoms with Gasteiger partial charge in [0, 0.05) is 5.92 Å². The molecule has 3 aromatic rings. The monoisotopic (exact) mass is 348 g/mol. The lowest BCUT2D eigenvalue weighted by Gasteiger charge is -2.15. The van der Waals surface area contributed by atoms with Crippen molar-refractivity contribution in [2.24, 2.45) is 11.5 Å². The Labute approximate surface area is 151 Å². The summed E-state index contributed by atoms with van der Waals surface area (Å²) in [6, 6.07) is 18.0. The molecule has 0 aliphatic heterocycles. The molecule has 2 aromatic carbocycles. The van der Waals surface area contributed by atoms with Crippen LogP contribution in [-0.4, -0.2) is 22.4 Å². The van der Waals surface area contributed by atoms with Crippen LogP contribution in [0.2, 0.25) is 0 Å². The Morgan fingerprint density at radius 1 is 1.00 bits per heavy atom. The van der Waals surface area contributed by atoms with E-state index in [1.165, 1.54) is 23.5 Å². The van der Waals surface area contributed by atoms with Crippen molar-refractivity contribution in [3.8, 4) is 11.6 Å². The van der Waals surface area contributed by atoms with Crippen molar-refractivity contribution in [3.05, 3.63) is 83.8 Å². The summed E-state index contributed by atoms with van der Waals surface area (Å²) in [4.78, 5) is 18.9. The number of nitrogens with zero attached hydrogens (tertiary/aromatic N) is 2. The Kier molecular flexibility index (Phi) is 5.56. The van der Waals surface area contributed by atoms with Gasteiger partial charge >= 0.3 is 0 Å². The number of carbonyl (C=O) groups is 1. The Hall–Kier alpha value is -3.25. The highest BCUT2D eigenvalue weighted by molar-refractivity contribution is 5.90. The Bertz CT molecular complexity index is 849. The van der Waals surface area contributed by atoms with Gasteiger partial charge in [-0.2, -0.15) is 0 Å². The summed E-state index contributed by atoms with van der Waals surface area (Å²) in [5.41, 5.74) is 13.6. The molecule has 1 aromatic heterocycles. The molecule has 26 heavy (non-hydrogen) atoms. The number of primary amides is 1. The molecule has 1 atom stereocenters. The van der Waals surface area contributed by atoms with Crippen LogP contribution < -0.4 is 16.2 Å². The minimum atomic E-state index is -0.624. The minimum absolute atomic E-state index is 0.0986. The van der Waals surface area contributed by atoms with E-state index in [0.29, 0.717) is 18.2 Å². The first-order valence-corrected chi connectivity index (χ1v) is 8.29. The maximum Gasteiger partial charge on any atom is 0.268 e. The number of carbonyl (C=O) groups excluding carboxylic acids is 1. The molecule has 0 fully saturated rings. The van der Waals surface area contributed by atoms with Crippen LogP contribution in [0.1, 0.15) is 27.5 Å². The van der Waals surface area contributed by atoms with Gasteiger partial charge in [0.05, 0.1) is 12.4 Å². The lowest BCUT2D eigenvalue weighted by Crippen LogP contribution is -2.14. The topological polar surface area (TPSA) is 104 Å². The van der Waals surface area contributed by atoms with E-state index < -0.39 is 5.91 Å². The minimum Gasteiger partial charge on any atom is -0.438 e. The number of ether oxygens (including phenoxy) is 1. The van der Waals surface area contributed by atoms with Gasteiger partial charge in [-0.1, -0.05) is 42.5 Å². The molecule has 3 rings (SSSR count). The Morgan fingerprint density at radius 3 is 2.31 bits per heavy atom. The van der Waals surface area contributed by atoms with Gasteiger partial charge in [-0.05, 0) is 36.2 Å². The molecule has 0 aliphatic rings. The quantitative estimate of drug-likeness (QED) is 0.683. The van der Waals surface area contributed by atoms with Gasteiger partial charge in [0.1, 0.15) is 11.4 Å². The SMILES string of the molecule is NCC(Cc1ccc(Oc2cnc(C(N)=O)cn2)cc1)c1ccccc1. The molecule has 1 amide bonds. The van der Waals surface area contributed by atoms with Crippen molar-refractivity contribution >= 4 is 5.91 Å². The van der Waals surface area contributed by atoms with E-state index in [2.05, 4.69) is 22.1 Å². The fraction of sp³-hybridized carbons (Fsp3) is 0.150. The standard InChI is InChI=1S/C20H20N4O2/c21-11-16(15-4-2-1-3-5-15)10-14-6-8-17(9-7-14)26-19-13-23-18(12-24-19)20(22)25/h1-9,12-13,16H,10-11,21H2,(H2,22,25). The molecule has 1 unspecified atom stereocenters. The highest BCUT2D eigenvalue weighted by Gasteiger charge is 2.11. The zero-order chi connectivity index (χ0) is 18.4. The number of nitrogens with two attached hydrogens (primary N) is 2. The Balaban J connectivity index is 1.65. The summed E-state index contributed by atoms with van der Waals surface area (Å²) in [6.07, 6.45) is 3.51. The second kappa shape index (κ2) is 8.22. The van der Waals surface area contributed by atoms with Gasteiger partial charge in [-0.15, -0.1) is 0 Å². The third-order valence-electron chi connectivity index (χ3n) is 4.06. The molecule has 4 N–H and O–H groups in total. The summed E-state index contributed by atoms with van der Waals surface area (Å²) in [5.74, 6) is 0.585. The number of hydrogen-bond acceptors (Lipinski definition) is 5. The summed E-state index contributed by atoms with van der Waals surface area (Å²) in [6.45, 7) is 0.587. The molecular weight excluding hydrogens is 328 g/mol. The molecule has 1 heterocycles. The van der Waals surface area contributed by atoms with E-state index in [9.17, 15) is 4.79 Å². The third kappa shape index (κ3) is 4.43. The number of rotatable bonds is 7. The normalized spacial score (nSPS) is 11.7. The van der Waals surface area contributed by atoms with Gasteiger partial charge in [0.2, 0.25) is 5.88 Å². The molecule has 0 spiro atoms. The van der Waals surface area contributed by atoms with E-state index >= 15 is 0 Å². The predicted molar refractivity (Wildman–Crippen MR) is 99.0 cm³/mol. The summed E-state index contributed by atoms with van der Waals surface area (Å²) in [7, 11) is 0. The van der Waals surface area contributed by atoms with Crippen LogP contribution in [0, 0.1) is 0 Å². The number of benzene rings is 2. The van der Waals surface area contributed by atoms with Gasteiger partial charge in [0.25, 0.3) is 5.91 Å². The number of hydrogen-bond donors (Lipinski definition) is 2. The third-order valence-corrected chi connectivity index (χ3v) is 4.06. The average Bonchev–Trinajstić information content (AvgIpc) is 2.68. The molecule has 6 heteroatoms. The first kappa shape index (κ1) is 17.6. The molecule has 132 valence electrons. The molecule has 0 aliphatic carbocycles. The van der Waals surface area contributed by atoms with Gasteiger partial charge in [0.15, 0.2) is 0 Å². The first-order valence-electron chi connectivity index (χ1n) is 8.29. The summed E-state index contributed by atoms with van der Waals surface area (Å²) >= 11 is 0. The highest BCUT2D eigenvalue weighted by Crippen LogP contribution is 2.23. The molecular formula is C20H20N4O2. The van der Waals surface area contributed by atoms with E-state index in [-0.39, 0.29) is 11.6 Å². The van der Waals surface area contributed by atoms with E-state index in [1.54, 1.807) is 0 Å². The number of aromatic nitrogens is 2. The van der Waals surface area contributed by atoms with Gasteiger partial charge in [-0.25, -0.2) is 9.97 Å². The smallest absolute Gasteiger partial charge is 0.268 e. The molecule has 0 saturated carbocycles. The van der Waals surface area contributed by atoms with Crippen molar-refractivity contribution in [2.45, 2.75) is 12.3 Å². The van der Waals surface area contributed by atoms with Crippen molar-refractivity contribution in [2.75, 3.05) is 6.54 Å². The molecule has 6 nitrogen and oxygen atoms in total. The largest absolute Gasteiger partial charge is 0.438 e. The second-order valence-corrected chi connectivity index (χ2v) is 5.90. The van der Waals surface area contributed by atoms with Crippen LogP contribution in [0.25, 0.3) is 0 Å². The lowest BCUT2D eigenvalue weighted by molar-refractivity contribution is 0.0995. The Morgan fingerprint density at radius 2 is 1.73 bits per heavy atom. The van der Waals surface area contributed by atoms with Crippen LogP contribution in [0.3, 0.4) is 0 Å². The molecule has 0 saturated heterocycles. The van der Waals surface area contributed by atoms with Crippen LogP contribution in [-0.2, 0) is 6.42 Å². The second-order valence-electron chi connectivity index (χ2n) is 5.90. The van der Waals surface area contributed by atoms with Crippen molar-refractivity contribution in [3.63, 3.8) is 0 Å². The zero-order valence-corrected chi connectivity index (χ0v) is 14.2. The van der Waals surface area contributed by atoms with Crippen molar-refractivity contribution < 1.29 is 9.53 Å². The molecule has 0 radical (unpaired) electrons. The molecule has 0 bridgehead atoms. The van der Waals surface area contributed by atoms with Crippen molar-refractivity contribution in [1.82, 2.24) is 9.97 Å². The fourth-order valence-corrected chi connectivity index (χ4v) is 2.66. The van der Waals surface area contributed by atoms with Gasteiger partial charge < -0.3 is 16.2 Å². The zero-order valence-electron chi connectivity index (χ0n) is 14.2. The van der Waals surface area contributed by atoms with Crippen LogP contribution in [0.5, 0.6) is 11.6 Å². The van der Waals surface area contributed by atoms with Crippen LogP contribution >= 0.6 is 0 Å². The summed E-state index contributed by atoms with van der Waals surface area (Å²) in [5, 5.41) is 0. The number of amides is 1. The summed E-state index contributed by atoms with van der Waals surface area (Å²) < 4.78 is 5.63. The predicted octanol–water partition coefficient (Wildman–Crippen LogP) is 2.65. The van der Waals surface area contributed by atoms with E-state index in [4.69, 9.17) is 16.2 Å². The van der Waals surface area contributed by atoms with E-state index in [0.717, 1.165) is 6.42 Å².